The molecule has 4 rings (SSSR count). The van der Waals surface area contributed by atoms with Crippen molar-refractivity contribution in [2.45, 2.75) is 49.7 Å². The van der Waals surface area contributed by atoms with E-state index in [4.69, 9.17) is 9.47 Å². The highest BCUT2D eigenvalue weighted by Crippen LogP contribution is 2.39. The topological polar surface area (TPSA) is 86.6 Å². The minimum Gasteiger partial charge on any atom is -0.497 e. The zero-order valence-electron chi connectivity index (χ0n) is 15.0. The molecule has 0 spiro atoms. The van der Waals surface area contributed by atoms with Crippen LogP contribution in [0.15, 0.2) is 23.1 Å². The highest BCUT2D eigenvalue weighted by Gasteiger charge is 2.46. The van der Waals surface area contributed by atoms with Gasteiger partial charge >= 0.3 is 0 Å². The lowest BCUT2D eigenvalue weighted by atomic mass is 10.1. The van der Waals surface area contributed by atoms with Crippen LogP contribution < -0.4 is 9.47 Å². The monoisotopic (exact) mass is 378 g/mol. The minimum atomic E-state index is -3.74. The Hall–Kier alpha value is -2.13. The average Bonchev–Trinajstić information content (AvgIpc) is 3.13. The molecule has 140 valence electrons. The van der Waals surface area contributed by atoms with Crippen LogP contribution in [0.4, 0.5) is 0 Å². The first-order valence-electron chi connectivity index (χ1n) is 8.60. The number of methoxy groups -OCH3 is 2. The van der Waals surface area contributed by atoms with Crippen LogP contribution in [0.1, 0.15) is 24.5 Å². The molecular weight excluding hydrogens is 356 g/mol. The molecule has 1 aromatic heterocycles. The molecule has 3 heterocycles. The van der Waals surface area contributed by atoms with Crippen LogP contribution in [0.2, 0.25) is 0 Å². The lowest BCUT2D eigenvalue weighted by Gasteiger charge is -2.27. The third-order valence-electron chi connectivity index (χ3n) is 5.30. The molecule has 9 heteroatoms. The smallest absolute Gasteiger partial charge is 0.247 e. The third kappa shape index (κ3) is 2.57. The second-order valence-corrected chi connectivity index (χ2v) is 8.53. The lowest BCUT2D eigenvalue weighted by molar-refractivity contribution is 0.311. The van der Waals surface area contributed by atoms with E-state index >= 15 is 0 Å². The molecule has 1 aromatic carbocycles. The first-order valence-corrected chi connectivity index (χ1v) is 10.0. The highest BCUT2D eigenvalue weighted by atomic mass is 32.2. The van der Waals surface area contributed by atoms with Crippen molar-refractivity contribution in [1.29, 1.82) is 0 Å². The van der Waals surface area contributed by atoms with Crippen molar-refractivity contribution in [2.75, 3.05) is 14.2 Å². The molecule has 0 radical (unpaired) electrons. The van der Waals surface area contributed by atoms with Gasteiger partial charge in [-0.15, -0.1) is 10.2 Å². The summed E-state index contributed by atoms with van der Waals surface area (Å²) in [7, 11) is -0.747. The summed E-state index contributed by atoms with van der Waals surface area (Å²) in [5.41, 5.74) is 0. The third-order valence-corrected chi connectivity index (χ3v) is 7.33. The zero-order valence-corrected chi connectivity index (χ0v) is 15.9. The molecule has 2 aliphatic heterocycles. The van der Waals surface area contributed by atoms with Gasteiger partial charge in [-0.25, -0.2) is 8.42 Å². The number of aromatic nitrogens is 3. The van der Waals surface area contributed by atoms with E-state index < -0.39 is 10.0 Å². The van der Waals surface area contributed by atoms with Gasteiger partial charge in [0.25, 0.3) is 0 Å². The van der Waals surface area contributed by atoms with Crippen molar-refractivity contribution in [1.82, 2.24) is 19.1 Å². The molecule has 26 heavy (non-hydrogen) atoms. The molecule has 8 nitrogen and oxygen atoms in total. The fourth-order valence-corrected chi connectivity index (χ4v) is 6.06. The number of fused-ring (bicyclic) bond motifs is 3. The van der Waals surface area contributed by atoms with E-state index in [-0.39, 0.29) is 17.0 Å². The maximum atomic E-state index is 13.6. The highest BCUT2D eigenvalue weighted by molar-refractivity contribution is 7.89. The van der Waals surface area contributed by atoms with Gasteiger partial charge in [-0.1, -0.05) is 0 Å². The predicted molar refractivity (Wildman–Crippen MR) is 93.8 cm³/mol. The van der Waals surface area contributed by atoms with E-state index in [2.05, 4.69) is 10.2 Å². The van der Waals surface area contributed by atoms with Gasteiger partial charge in [0.15, 0.2) is 0 Å². The van der Waals surface area contributed by atoms with Gasteiger partial charge in [0.2, 0.25) is 10.0 Å². The van der Waals surface area contributed by atoms with Crippen molar-refractivity contribution < 1.29 is 17.9 Å². The van der Waals surface area contributed by atoms with Gasteiger partial charge in [-0.3, -0.25) is 0 Å². The lowest BCUT2D eigenvalue weighted by Crippen LogP contribution is -2.42. The van der Waals surface area contributed by atoms with Crippen LogP contribution >= 0.6 is 0 Å². The Morgan fingerprint density at radius 1 is 1.12 bits per heavy atom. The number of hydrogen-bond donors (Lipinski definition) is 0. The Morgan fingerprint density at radius 3 is 2.62 bits per heavy atom. The Morgan fingerprint density at radius 2 is 1.88 bits per heavy atom. The molecule has 0 N–H and O–H groups in total. The van der Waals surface area contributed by atoms with Crippen molar-refractivity contribution in [3.05, 3.63) is 29.8 Å². The van der Waals surface area contributed by atoms with Crippen LogP contribution in [0.5, 0.6) is 11.5 Å². The molecule has 0 amide bonds. The summed E-state index contributed by atoms with van der Waals surface area (Å²) in [6.07, 6.45) is 2.22. The van der Waals surface area contributed by atoms with E-state index in [0.717, 1.165) is 24.5 Å². The van der Waals surface area contributed by atoms with Gasteiger partial charge < -0.3 is 14.0 Å². The normalized spacial score (nSPS) is 22.7. The Balaban J connectivity index is 1.78. The number of benzene rings is 1. The van der Waals surface area contributed by atoms with Crippen LogP contribution in [0.3, 0.4) is 0 Å². The van der Waals surface area contributed by atoms with Crippen molar-refractivity contribution in [3.63, 3.8) is 0 Å². The fraction of sp³-hybridized carbons (Fsp3) is 0.529. The number of hydrogen-bond acceptors (Lipinski definition) is 6. The average molecular weight is 378 g/mol. The maximum absolute atomic E-state index is 13.6. The number of ether oxygens (including phenoxy) is 2. The SMILES string of the molecule is COc1ccc(OC)c(S(=O)(=O)N2[C@@H]3CC[C@H]2Cc2nnc(C)n2C3)c1. The van der Waals surface area contributed by atoms with Crippen molar-refractivity contribution in [3.8, 4) is 11.5 Å². The summed E-state index contributed by atoms with van der Waals surface area (Å²) < 4.78 is 41.3. The molecule has 0 unspecified atom stereocenters. The maximum Gasteiger partial charge on any atom is 0.247 e. The van der Waals surface area contributed by atoms with E-state index in [9.17, 15) is 8.42 Å². The molecule has 2 aliphatic rings. The van der Waals surface area contributed by atoms with Crippen LogP contribution in [-0.4, -0.2) is 53.8 Å². The van der Waals surface area contributed by atoms with E-state index in [1.54, 1.807) is 16.4 Å². The number of rotatable bonds is 4. The quantitative estimate of drug-likeness (QED) is 0.799. The van der Waals surface area contributed by atoms with Crippen LogP contribution in [-0.2, 0) is 23.0 Å². The summed E-state index contributed by atoms with van der Waals surface area (Å²) in [6.45, 7) is 2.48. The molecule has 0 aliphatic carbocycles. The standard InChI is InChI=1S/C17H22N4O4S/c1-11-18-19-17-8-12-4-5-13(10-20(11)17)21(12)26(22,23)16-9-14(24-2)6-7-15(16)25-3/h6-7,9,12-13H,4-5,8,10H2,1-3H3/t12-,13+/m0/s1. The summed E-state index contributed by atoms with van der Waals surface area (Å²) >= 11 is 0. The van der Waals surface area contributed by atoms with Crippen molar-refractivity contribution in [2.24, 2.45) is 0 Å². The number of nitrogens with zero attached hydrogens (tertiary/aromatic N) is 4. The van der Waals surface area contributed by atoms with Crippen LogP contribution in [0.25, 0.3) is 0 Å². The van der Waals surface area contributed by atoms with E-state index in [1.807, 2.05) is 11.5 Å². The molecule has 2 aromatic rings. The summed E-state index contributed by atoms with van der Waals surface area (Å²) in [6, 6.07) is 4.62. The molecular formula is C17H22N4O4S. The second-order valence-electron chi connectivity index (χ2n) is 6.71. The van der Waals surface area contributed by atoms with Crippen LogP contribution in [0, 0.1) is 6.92 Å². The molecule has 1 saturated heterocycles. The van der Waals surface area contributed by atoms with Crippen molar-refractivity contribution >= 4 is 10.0 Å². The van der Waals surface area contributed by atoms with Gasteiger partial charge in [-0.2, -0.15) is 4.31 Å². The Labute approximate surface area is 152 Å². The Bertz CT molecular complexity index is 940. The second kappa shape index (κ2) is 6.24. The predicted octanol–water partition coefficient (Wildman–Crippen LogP) is 1.38. The summed E-state index contributed by atoms with van der Waals surface area (Å²) in [5, 5.41) is 8.37. The van der Waals surface area contributed by atoms with Gasteiger partial charge in [-0.05, 0) is 31.9 Å². The van der Waals surface area contributed by atoms with Gasteiger partial charge in [0.1, 0.15) is 28.0 Å². The largest absolute Gasteiger partial charge is 0.497 e. The molecule has 2 bridgehead atoms. The first kappa shape index (κ1) is 17.3. The van der Waals surface area contributed by atoms with E-state index in [0.29, 0.717) is 24.5 Å². The molecule has 1 fully saturated rings. The van der Waals surface area contributed by atoms with E-state index in [1.165, 1.54) is 20.3 Å². The first-order chi connectivity index (χ1) is 12.5. The number of aryl methyl sites for hydroxylation is 1. The summed E-state index contributed by atoms with van der Waals surface area (Å²) in [5.74, 6) is 2.49. The minimum absolute atomic E-state index is 0.114. The fourth-order valence-electron chi connectivity index (χ4n) is 4.03. The molecule has 0 saturated carbocycles. The van der Waals surface area contributed by atoms with Gasteiger partial charge in [0.05, 0.1) is 14.2 Å². The zero-order chi connectivity index (χ0) is 18.5. The number of sulfonamides is 1. The van der Waals surface area contributed by atoms with Gasteiger partial charge in [0, 0.05) is 31.1 Å². The Kier molecular flexibility index (Phi) is 4.15. The molecule has 2 atom stereocenters. The summed E-state index contributed by atoms with van der Waals surface area (Å²) in [4.78, 5) is 0.144.